The number of nitrogens with zero attached hydrogens (tertiary/aromatic N) is 5. The highest BCUT2D eigenvalue weighted by Crippen LogP contribution is 2.19. The van der Waals surface area contributed by atoms with Crippen molar-refractivity contribution >= 4 is 11.6 Å². The third-order valence-electron chi connectivity index (χ3n) is 4.98. The lowest BCUT2D eigenvalue weighted by Gasteiger charge is -2.19. The zero-order valence-corrected chi connectivity index (χ0v) is 15.1. The van der Waals surface area contributed by atoms with Crippen molar-refractivity contribution in [3.05, 3.63) is 53.7 Å². The molecule has 1 aliphatic heterocycles. The highest BCUT2D eigenvalue weighted by Gasteiger charge is 2.26. The molecular weight excluding hydrogens is 328 g/mol. The molecule has 0 atom stereocenters. The average Bonchev–Trinajstić information content (AvgIpc) is 3.40. The molecule has 3 aromatic rings. The van der Waals surface area contributed by atoms with Crippen molar-refractivity contribution in [3.63, 3.8) is 0 Å². The molecule has 0 aliphatic carbocycles. The lowest BCUT2D eigenvalue weighted by atomic mass is 10.2. The number of H-pyrrole nitrogens is 1. The topological polar surface area (TPSA) is 69.5 Å². The van der Waals surface area contributed by atoms with Gasteiger partial charge in [0.2, 0.25) is 0 Å². The van der Waals surface area contributed by atoms with Crippen LogP contribution in [-0.2, 0) is 13.0 Å². The lowest BCUT2D eigenvalue weighted by molar-refractivity contribution is 0.0785. The van der Waals surface area contributed by atoms with Gasteiger partial charge in [0.1, 0.15) is 5.65 Å². The maximum atomic E-state index is 13.0. The van der Waals surface area contributed by atoms with Crippen molar-refractivity contribution in [1.29, 1.82) is 0 Å². The molecule has 0 saturated carbocycles. The van der Waals surface area contributed by atoms with E-state index in [0.717, 1.165) is 50.2 Å². The number of amides is 1. The van der Waals surface area contributed by atoms with E-state index in [1.807, 2.05) is 46.1 Å². The van der Waals surface area contributed by atoms with E-state index in [-0.39, 0.29) is 5.91 Å². The van der Waals surface area contributed by atoms with Gasteiger partial charge in [-0.1, -0.05) is 6.07 Å². The fourth-order valence-corrected chi connectivity index (χ4v) is 3.51. The largest absolute Gasteiger partial charge is 0.337 e. The summed E-state index contributed by atoms with van der Waals surface area (Å²) in [7, 11) is 2.08. The summed E-state index contributed by atoms with van der Waals surface area (Å²) in [6, 6.07) is 5.89. The second kappa shape index (κ2) is 7.29. The fourth-order valence-electron chi connectivity index (χ4n) is 3.51. The van der Waals surface area contributed by atoms with Crippen LogP contribution in [0, 0.1) is 0 Å². The zero-order valence-electron chi connectivity index (χ0n) is 15.1. The molecule has 7 heteroatoms. The molecule has 4 rings (SSSR count). The Labute approximate surface area is 152 Å². The van der Waals surface area contributed by atoms with E-state index in [9.17, 15) is 4.79 Å². The molecule has 0 radical (unpaired) electrons. The summed E-state index contributed by atoms with van der Waals surface area (Å²) < 4.78 is 2.04. The summed E-state index contributed by atoms with van der Waals surface area (Å²) in [4.78, 5) is 21.8. The molecule has 1 amide bonds. The molecule has 0 bridgehead atoms. The van der Waals surface area contributed by atoms with Gasteiger partial charge in [-0.05, 0) is 44.0 Å². The first-order valence-electron chi connectivity index (χ1n) is 9.14. The number of hydrogen-bond donors (Lipinski definition) is 1. The van der Waals surface area contributed by atoms with E-state index in [1.165, 1.54) is 5.56 Å². The average molecular weight is 352 g/mol. The van der Waals surface area contributed by atoms with E-state index in [0.29, 0.717) is 12.2 Å². The van der Waals surface area contributed by atoms with Crippen molar-refractivity contribution in [1.82, 2.24) is 29.4 Å². The number of fused-ring (bicyclic) bond motifs is 1. The van der Waals surface area contributed by atoms with Gasteiger partial charge < -0.3 is 14.2 Å². The third kappa shape index (κ3) is 3.35. The van der Waals surface area contributed by atoms with Crippen LogP contribution in [0.15, 0.2) is 36.8 Å². The monoisotopic (exact) mass is 352 g/mol. The number of hydrogen-bond acceptors (Lipinski definition) is 4. The quantitative estimate of drug-likeness (QED) is 0.736. The van der Waals surface area contributed by atoms with Crippen LogP contribution >= 0.6 is 0 Å². The maximum absolute atomic E-state index is 13.0. The molecule has 1 aliphatic rings. The summed E-state index contributed by atoms with van der Waals surface area (Å²) in [5.74, 6) is 0.0597. The maximum Gasteiger partial charge on any atom is 0.274 e. The van der Waals surface area contributed by atoms with Crippen molar-refractivity contribution in [2.24, 2.45) is 0 Å². The number of likely N-dealkylation sites (tertiary alicyclic amines) is 1. The van der Waals surface area contributed by atoms with Gasteiger partial charge in [0.05, 0.1) is 11.9 Å². The minimum atomic E-state index is 0.0597. The summed E-state index contributed by atoms with van der Waals surface area (Å²) in [5.41, 5.74) is 3.57. The lowest BCUT2D eigenvalue weighted by Crippen LogP contribution is -2.30. The number of aromatic amines is 1. The molecule has 136 valence electrons. The molecule has 1 saturated heterocycles. The van der Waals surface area contributed by atoms with Crippen LogP contribution in [-0.4, -0.2) is 62.0 Å². The molecule has 1 N–H and O–H groups in total. The Hall–Kier alpha value is -2.67. The molecule has 26 heavy (non-hydrogen) atoms. The Bertz CT molecular complexity index is 879. The SMILES string of the molecule is CN(CCc1cn[nH]c1)Cc1c(C(=O)N2CCCC2)nc2ccccn12. The molecule has 0 unspecified atom stereocenters. The number of pyridine rings is 1. The van der Waals surface area contributed by atoms with Crippen LogP contribution in [0.2, 0.25) is 0 Å². The Balaban J connectivity index is 1.57. The third-order valence-corrected chi connectivity index (χ3v) is 4.98. The van der Waals surface area contributed by atoms with E-state index < -0.39 is 0 Å². The second-order valence-corrected chi connectivity index (χ2v) is 6.93. The van der Waals surface area contributed by atoms with Crippen LogP contribution < -0.4 is 0 Å². The summed E-state index contributed by atoms with van der Waals surface area (Å²) in [5, 5.41) is 6.84. The Kier molecular flexibility index (Phi) is 4.71. The van der Waals surface area contributed by atoms with Gasteiger partial charge in [0.15, 0.2) is 5.69 Å². The van der Waals surface area contributed by atoms with E-state index in [4.69, 9.17) is 0 Å². The van der Waals surface area contributed by atoms with Crippen LogP contribution in [0.1, 0.15) is 34.6 Å². The van der Waals surface area contributed by atoms with Gasteiger partial charge in [0, 0.05) is 38.6 Å². The smallest absolute Gasteiger partial charge is 0.274 e. The highest BCUT2D eigenvalue weighted by atomic mass is 16.2. The number of aromatic nitrogens is 4. The summed E-state index contributed by atoms with van der Waals surface area (Å²) >= 11 is 0. The number of carbonyl (C=O) groups is 1. The molecule has 0 aromatic carbocycles. The van der Waals surface area contributed by atoms with E-state index in [2.05, 4.69) is 27.1 Å². The number of nitrogens with one attached hydrogen (secondary N) is 1. The molecular formula is C19H24N6O. The number of carbonyl (C=O) groups excluding carboxylic acids is 1. The number of rotatable bonds is 6. The molecule has 1 fully saturated rings. The van der Waals surface area contributed by atoms with Gasteiger partial charge >= 0.3 is 0 Å². The minimum absolute atomic E-state index is 0.0597. The molecule has 4 heterocycles. The highest BCUT2D eigenvalue weighted by molar-refractivity contribution is 5.94. The molecule has 7 nitrogen and oxygen atoms in total. The molecule has 0 spiro atoms. The predicted octanol–water partition coefficient (Wildman–Crippen LogP) is 1.97. The number of likely N-dealkylation sites (N-methyl/N-ethyl adjacent to an activating group) is 1. The van der Waals surface area contributed by atoms with E-state index >= 15 is 0 Å². The normalized spacial score (nSPS) is 14.6. The first-order valence-corrected chi connectivity index (χ1v) is 9.14. The standard InChI is InChI=1S/C19H24N6O/c1-23(11-7-15-12-20-21-13-15)14-16-18(19(26)24-8-4-5-9-24)22-17-6-2-3-10-25(16)17/h2-3,6,10,12-13H,4-5,7-9,11,14H2,1H3,(H,20,21). The van der Waals surface area contributed by atoms with Crippen LogP contribution in [0.25, 0.3) is 5.65 Å². The zero-order chi connectivity index (χ0) is 17.9. The van der Waals surface area contributed by atoms with Crippen molar-refractivity contribution in [2.75, 3.05) is 26.7 Å². The van der Waals surface area contributed by atoms with Crippen LogP contribution in [0.4, 0.5) is 0 Å². The van der Waals surface area contributed by atoms with Gasteiger partial charge in [-0.2, -0.15) is 5.10 Å². The second-order valence-electron chi connectivity index (χ2n) is 6.93. The fraction of sp³-hybridized carbons (Fsp3) is 0.421. The first-order chi connectivity index (χ1) is 12.7. The Morgan fingerprint density at radius 1 is 1.31 bits per heavy atom. The summed E-state index contributed by atoms with van der Waals surface area (Å²) in [6.07, 6.45) is 8.84. The van der Waals surface area contributed by atoms with Gasteiger partial charge in [-0.3, -0.25) is 9.89 Å². The predicted molar refractivity (Wildman–Crippen MR) is 99.0 cm³/mol. The Morgan fingerprint density at radius 3 is 2.92 bits per heavy atom. The Morgan fingerprint density at radius 2 is 2.15 bits per heavy atom. The van der Waals surface area contributed by atoms with E-state index in [1.54, 1.807) is 0 Å². The van der Waals surface area contributed by atoms with Crippen LogP contribution in [0.5, 0.6) is 0 Å². The van der Waals surface area contributed by atoms with Crippen molar-refractivity contribution < 1.29 is 4.79 Å². The summed E-state index contributed by atoms with van der Waals surface area (Å²) in [6.45, 7) is 3.24. The van der Waals surface area contributed by atoms with Crippen LogP contribution in [0.3, 0.4) is 0 Å². The van der Waals surface area contributed by atoms with Gasteiger partial charge in [0.25, 0.3) is 5.91 Å². The number of imidazole rings is 1. The minimum Gasteiger partial charge on any atom is -0.337 e. The van der Waals surface area contributed by atoms with Gasteiger partial charge in [-0.15, -0.1) is 0 Å². The van der Waals surface area contributed by atoms with Gasteiger partial charge in [-0.25, -0.2) is 4.98 Å². The van der Waals surface area contributed by atoms with Crippen molar-refractivity contribution in [2.45, 2.75) is 25.8 Å². The van der Waals surface area contributed by atoms with Crippen molar-refractivity contribution in [3.8, 4) is 0 Å². The first kappa shape index (κ1) is 16.8. The molecule has 3 aromatic heterocycles.